The third-order valence-electron chi connectivity index (χ3n) is 3.56. The summed E-state index contributed by atoms with van der Waals surface area (Å²) in [6.45, 7) is 6.16. The van der Waals surface area contributed by atoms with Crippen molar-refractivity contribution in [2.75, 3.05) is 26.2 Å². The summed E-state index contributed by atoms with van der Waals surface area (Å²) in [5, 5.41) is 3.02. The number of carbonyl (C=O) groups is 1. The summed E-state index contributed by atoms with van der Waals surface area (Å²) in [5.74, 6) is 0.0617. The predicted molar refractivity (Wildman–Crippen MR) is 73.8 cm³/mol. The van der Waals surface area contributed by atoms with Gasteiger partial charge in [-0.15, -0.1) is 0 Å². The van der Waals surface area contributed by atoms with E-state index in [1.165, 1.54) is 25.9 Å². The van der Waals surface area contributed by atoms with Crippen molar-refractivity contribution in [3.8, 4) is 0 Å². The number of nitrogens with zero attached hydrogens (tertiary/aromatic N) is 1. The first-order valence-electron chi connectivity index (χ1n) is 6.89. The van der Waals surface area contributed by atoms with Gasteiger partial charge in [0.1, 0.15) is 0 Å². The zero-order valence-electron chi connectivity index (χ0n) is 11.1. The van der Waals surface area contributed by atoms with Crippen molar-refractivity contribution in [3.63, 3.8) is 0 Å². The fraction of sp³-hybridized carbons (Fsp3) is 0.533. The number of nitrogens with one attached hydrogen (secondary N) is 1. The Kier molecular flexibility index (Phi) is 4.76. The lowest BCUT2D eigenvalue weighted by atomic mass is 10.0. The van der Waals surface area contributed by atoms with E-state index in [9.17, 15) is 4.79 Å². The molecule has 1 saturated heterocycles. The molecule has 98 valence electrons. The van der Waals surface area contributed by atoms with Gasteiger partial charge in [-0.25, -0.2) is 0 Å². The van der Waals surface area contributed by atoms with Gasteiger partial charge in [0.05, 0.1) is 0 Å². The molecule has 1 fully saturated rings. The molecule has 18 heavy (non-hydrogen) atoms. The SMILES string of the molecule is CCc1ccccc1C(=O)NCCN1CCCC1. The Hall–Kier alpha value is -1.35. The summed E-state index contributed by atoms with van der Waals surface area (Å²) in [6, 6.07) is 7.84. The zero-order valence-corrected chi connectivity index (χ0v) is 11.1. The van der Waals surface area contributed by atoms with Crippen molar-refractivity contribution in [1.29, 1.82) is 0 Å². The van der Waals surface area contributed by atoms with Gasteiger partial charge in [0.25, 0.3) is 5.91 Å². The minimum absolute atomic E-state index is 0.0617. The molecular formula is C15H22N2O. The maximum absolute atomic E-state index is 12.1. The fourth-order valence-corrected chi connectivity index (χ4v) is 2.48. The van der Waals surface area contributed by atoms with E-state index in [0.29, 0.717) is 0 Å². The summed E-state index contributed by atoms with van der Waals surface area (Å²) >= 11 is 0. The molecule has 1 amide bonds. The highest BCUT2D eigenvalue weighted by molar-refractivity contribution is 5.95. The van der Waals surface area contributed by atoms with Crippen molar-refractivity contribution in [1.82, 2.24) is 10.2 Å². The first-order chi connectivity index (χ1) is 8.81. The summed E-state index contributed by atoms with van der Waals surface area (Å²) in [4.78, 5) is 14.5. The lowest BCUT2D eigenvalue weighted by Gasteiger charge is -2.15. The van der Waals surface area contributed by atoms with Crippen molar-refractivity contribution in [3.05, 3.63) is 35.4 Å². The molecule has 1 heterocycles. The second-order valence-electron chi connectivity index (χ2n) is 4.82. The van der Waals surface area contributed by atoms with Crippen LogP contribution in [0.2, 0.25) is 0 Å². The fourth-order valence-electron chi connectivity index (χ4n) is 2.48. The Balaban J connectivity index is 1.83. The molecule has 3 heteroatoms. The number of rotatable bonds is 5. The van der Waals surface area contributed by atoms with Crippen LogP contribution in [0.3, 0.4) is 0 Å². The summed E-state index contributed by atoms with van der Waals surface area (Å²) in [7, 11) is 0. The lowest BCUT2D eigenvalue weighted by Crippen LogP contribution is -2.33. The second kappa shape index (κ2) is 6.55. The standard InChI is InChI=1S/C15H22N2O/c1-2-13-7-3-4-8-14(13)15(18)16-9-12-17-10-5-6-11-17/h3-4,7-8H,2,5-6,9-12H2,1H3,(H,16,18). The number of aryl methyl sites for hydroxylation is 1. The molecule has 0 aromatic heterocycles. The first kappa shape index (κ1) is 13.1. The number of carbonyl (C=O) groups excluding carboxylic acids is 1. The topological polar surface area (TPSA) is 32.3 Å². The van der Waals surface area contributed by atoms with Crippen molar-refractivity contribution in [2.45, 2.75) is 26.2 Å². The van der Waals surface area contributed by atoms with Crippen LogP contribution in [0.4, 0.5) is 0 Å². The molecule has 1 aromatic rings. The molecule has 2 rings (SSSR count). The Morgan fingerprint density at radius 2 is 2.00 bits per heavy atom. The first-order valence-corrected chi connectivity index (χ1v) is 6.89. The number of hydrogen-bond donors (Lipinski definition) is 1. The molecule has 1 aliphatic rings. The molecule has 0 saturated carbocycles. The smallest absolute Gasteiger partial charge is 0.251 e. The van der Waals surface area contributed by atoms with Gasteiger partial charge >= 0.3 is 0 Å². The normalized spacial score (nSPS) is 15.8. The van der Waals surface area contributed by atoms with Crippen LogP contribution < -0.4 is 5.32 Å². The Bertz CT molecular complexity index is 397. The number of hydrogen-bond acceptors (Lipinski definition) is 2. The van der Waals surface area contributed by atoms with Gasteiger partial charge in [-0.2, -0.15) is 0 Å². The average Bonchev–Trinajstić information content (AvgIpc) is 2.91. The predicted octanol–water partition coefficient (Wildman–Crippen LogP) is 2.07. The van der Waals surface area contributed by atoms with E-state index < -0.39 is 0 Å². The van der Waals surface area contributed by atoms with Crippen molar-refractivity contribution in [2.24, 2.45) is 0 Å². The third kappa shape index (κ3) is 3.33. The van der Waals surface area contributed by atoms with Crippen LogP contribution >= 0.6 is 0 Å². The third-order valence-corrected chi connectivity index (χ3v) is 3.56. The molecule has 0 unspecified atom stereocenters. The lowest BCUT2D eigenvalue weighted by molar-refractivity contribution is 0.0949. The van der Waals surface area contributed by atoms with Crippen LogP contribution in [0.1, 0.15) is 35.7 Å². The maximum atomic E-state index is 12.1. The number of likely N-dealkylation sites (tertiary alicyclic amines) is 1. The highest BCUT2D eigenvalue weighted by atomic mass is 16.1. The van der Waals surface area contributed by atoms with Crippen molar-refractivity contribution < 1.29 is 4.79 Å². The van der Waals surface area contributed by atoms with E-state index in [0.717, 1.165) is 30.6 Å². The van der Waals surface area contributed by atoms with E-state index in [1.54, 1.807) is 0 Å². The number of benzene rings is 1. The van der Waals surface area contributed by atoms with E-state index >= 15 is 0 Å². The Morgan fingerprint density at radius 1 is 1.28 bits per heavy atom. The van der Waals surface area contributed by atoms with Gasteiger partial charge in [0.15, 0.2) is 0 Å². The molecule has 1 N–H and O–H groups in total. The minimum atomic E-state index is 0.0617. The summed E-state index contributed by atoms with van der Waals surface area (Å²) in [5.41, 5.74) is 1.94. The molecule has 0 bridgehead atoms. The van der Waals surface area contributed by atoms with Gasteiger partial charge in [0, 0.05) is 18.7 Å². The van der Waals surface area contributed by atoms with Crippen LogP contribution in [0.5, 0.6) is 0 Å². The van der Waals surface area contributed by atoms with Gasteiger partial charge in [-0.05, 0) is 44.0 Å². The van der Waals surface area contributed by atoms with Crippen molar-refractivity contribution >= 4 is 5.91 Å². The summed E-state index contributed by atoms with van der Waals surface area (Å²) < 4.78 is 0. The molecule has 1 aromatic carbocycles. The second-order valence-corrected chi connectivity index (χ2v) is 4.82. The molecule has 3 nitrogen and oxygen atoms in total. The monoisotopic (exact) mass is 246 g/mol. The van der Waals surface area contributed by atoms with Crippen LogP contribution in [-0.4, -0.2) is 37.0 Å². The molecule has 0 atom stereocenters. The molecular weight excluding hydrogens is 224 g/mol. The Morgan fingerprint density at radius 3 is 2.72 bits per heavy atom. The summed E-state index contributed by atoms with van der Waals surface area (Å²) in [6.07, 6.45) is 3.49. The van der Waals surface area contributed by atoms with Gasteiger partial charge in [-0.3, -0.25) is 4.79 Å². The van der Waals surface area contributed by atoms with E-state index in [1.807, 2.05) is 24.3 Å². The molecule has 0 spiro atoms. The van der Waals surface area contributed by atoms with E-state index in [2.05, 4.69) is 17.1 Å². The molecule has 1 aliphatic heterocycles. The largest absolute Gasteiger partial charge is 0.351 e. The van der Waals surface area contributed by atoms with Crippen LogP contribution in [0, 0.1) is 0 Å². The maximum Gasteiger partial charge on any atom is 0.251 e. The highest BCUT2D eigenvalue weighted by Crippen LogP contribution is 2.09. The highest BCUT2D eigenvalue weighted by Gasteiger charge is 2.12. The van der Waals surface area contributed by atoms with E-state index in [-0.39, 0.29) is 5.91 Å². The van der Waals surface area contributed by atoms with Crippen LogP contribution in [-0.2, 0) is 6.42 Å². The van der Waals surface area contributed by atoms with Crippen LogP contribution in [0.15, 0.2) is 24.3 Å². The quantitative estimate of drug-likeness (QED) is 0.862. The molecule has 0 aliphatic carbocycles. The van der Waals surface area contributed by atoms with E-state index in [4.69, 9.17) is 0 Å². The van der Waals surface area contributed by atoms with Crippen LogP contribution in [0.25, 0.3) is 0 Å². The average molecular weight is 246 g/mol. The number of amides is 1. The Labute approximate surface area is 109 Å². The van der Waals surface area contributed by atoms with Gasteiger partial charge in [-0.1, -0.05) is 25.1 Å². The van der Waals surface area contributed by atoms with Gasteiger partial charge in [0.2, 0.25) is 0 Å². The minimum Gasteiger partial charge on any atom is -0.351 e. The zero-order chi connectivity index (χ0) is 12.8. The van der Waals surface area contributed by atoms with Gasteiger partial charge < -0.3 is 10.2 Å². The molecule has 0 radical (unpaired) electrons.